The number of ether oxygens (including phenoxy) is 1. The van der Waals surface area contributed by atoms with E-state index >= 15 is 0 Å². The lowest BCUT2D eigenvalue weighted by Gasteiger charge is -2.10. The molecule has 2 heterocycles. The van der Waals surface area contributed by atoms with E-state index in [0.29, 0.717) is 24.8 Å². The van der Waals surface area contributed by atoms with Crippen molar-refractivity contribution in [3.8, 4) is 0 Å². The highest BCUT2D eigenvalue weighted by Gasteiger charge is 2.24. The molecule has 2 rings (SSSR count). The Labute approximate surface area is 112 Å². The van der Waals surface area contributed by atoms with Gasteiger partial charge in [0, 0.05) is 19.8 Å². The monoisotopic (exact) mass is 289 g/mol. The van der Waals surface area contributed by atoms with Gasteiger partial charge < -0.3 is 9.84 Å². The maximum absolute atomic E-state index is 12.2. The minimum absolute atomic E-state index is 0.0534. The van der Waals surface area contributed by atoms with Crippen LogP contribution in [0.25, 0.3) is 0 Å². The van der Waals surface area contributed by atoms with Gasteiger partial charge in [0.15, 0.2) is 0 Å². The summed E-state index contributed by atoms with van der Waals surface area (Å²) in [5.41, 5.74) is 0.579. The molecule has 1 fully saturated rings. The van der Waals surface area contributed by atoms with Crippen LogP contribution in [0.3, 0.4) is 0 Å². The molecule has 19 heavy (non-hydrogen) atoms. The second-order valence-corrected chi connectivity index (χ2v) is 6.40. The van der Waals surface area contributed by atoms with E-state index in [1.165, 1.54) is 0 Å². The Hall–Kier alpha value is -0.960. The number of aryl methyl sites for hydroxylation is 1. The highest BCUT2D eigenvalue weighted by molar-refractivity contribution is 7.89. The molecule has 1 saturated heterocycles. The van der Waals surface area contributed by atoms with E-state index in [4.69, 9.17) is 9.84 Å². The number of aliphatic hydroxyl groups is 1. The van der Waals surface area contributed by atoms with E-state index < -0.39 is 16.6 Å². The number of H-pyrrole nitrogens is 1. The summed E-state index contributed by atoms with van der Waals surface area (Å²) >= 11 is 0. The van der Waals surface area contributed by atoms with Crippen molar-refractivity contribution < 1.29 is 18.3 Å². The number of hydrogen-bond donors (Lipinski definition) is 3. The fourth-order valence-corrected chi connectivity index (χ4v) is 3.61. The molecular weight excluding hydrogens is 270 g/mol. The summed E-state index contributed by atoms with van der Waals surface area (Å²) in [4.78, 5) is 0.0534. The van der Waals surface area contributed by atoms with Crippen LogP contribution in [0, 0.1) is 12.8 Å². The van der Waals surface area contributed by atoms with Crippen LogP contribution in [-0.2, 0) is 21.4 Å². The van der Waals surface area contributed by atoms with Crippen LogP contribution < -0.4 is 4.72 Å². The Morgan fingerprint density at radius 3 is 3.00 bits per heavy atom. The van der Waals surface area contributed by atoms with Crippen molar-refractivity contribution in [2.24, 2.45) is 5.92 Å². The first-order valence-electron chi connectivity index (χ1n) is 6.26. The van der Waals surface area contributed by atoms with Gasteiger partial charge in [0.25, 0.3) is 0 Å². The van der Waals surface area contributed by atoms with E-state index in [1.807, 2.05) is 0 Å². The second-order valence-electron chi connectivity index (χ2n) is 4.70. The number of rotatable bonds is 6. The van der Waals surface area contributed by atoms with Crippen LogP contribution >= 0.6 is 0 Å². The van der Waals surface area contributed by atoms with Crippen LogP contribution in [0.15, 0.2) is 4.90 Å². The van der Waals surface area contributed by atoms with Crippen molar-refractivity contribution in [1.29, 1.82) is 0 Å². The number of aliphatic hydroxyl groups excluding tert-OH is 1. The highest BCUT2D eigenvalue weighted by atomic mass is 32.2. The molecule has 0 aromatic carbocycles. The summed E-state index contributed by atoms with van der Waals surface area (Å²) in [5, 5.41) is 15.5. The van der Waals surface area contributed by atoms with Crippen molar-refractivity contribution in [3.05, 3.63) is 11.4 Å². The number of hydrogen-bond acceptors (Lipinski definition) is 5. The van der Waals surface area contributed by atoms with E-state index in [-0.39, 0.29) is 10.6 Å². The fraction of sp³-hybridized carbons (Fsp3) is 0.727. The van der Waals surface area contributed by atoms with Crippen molar-refractivity contribution >= 4 is 10.0 Å². The summed E-state index contributed by atoms with van der Waals surface area (Å²) in [5.74, 6) is 0.422. The van der Waals surface area contributed by atoms with Crippen LogP contribution in [0.1, 0.15) is 24.2 Å². The summed E-state index contributed by atoms with van der Waals surface area (Å²) in [6, 6.07) is 0. The number of nitrogens with zero attached hydrogens (tertiary/aromatic N) is 1. The molecule has 0 spiro atoms. The third-order valence-electron chi connectivity index (χ3n) is 3.25. The fourth-order valence-electron chi connectivity index (χ4n) is 2.21. The molecule has 1 aromatic rings. The van der Waals surface area contributed by atoms with Crippen LogP contribution in [-0.4, -0.2) is 43.5 Å². The lowest BCUT2D eigenvalue weighted by Crippen LogP contribution is -2.27. The van der Waals surface area contributed by atoms with E-state index in [1.54, 1.807) is 6.92 Å². The molecule has 1 aromatic heterocycles. The van der Waals surface area contributed by atoms with E-state index in [9.17, 15) is 8.42 Å². The van der Waals surface area contributed by atoms with Gasteiger partial charge in [0.1, 0.15) is 10.6 Å². The van der Waals surface area contributed by atoms with Crippen LogP contribution in [0.4, 0.5) is 0 Å². The number of aromatic nitrogens is 2. The predicted octanol–water partition coefficient (Wildman–Crippen LogP) is -0.0847. The molecule has 108 valence electrons. The quantitative estimate of drug-likeness (QED) is 0.679. The van der Waals surface area contributed by atoms with Gasteiger partial charge in [-0.1, -0.05) is 0 Å². The lowest BCUT2D eigenvalue weighted by molar-refractivity contribution is 0.184. The Bertz CT molecular complexity index is 520. The molecule has 8 heteroatoms. The maximum Gasteiger partial charge on any atom is 0.244 e. The predicted molar refractivity (Wildman–Crippen MR) is 68.0 cm³/mol. The van der Waals surface area contributed by atoms with E-state index in [0.717, 1.165) is 19.4 Å². The van der Waals surface area contributed by atoms with Gasteiger partial charge in [-0.15, -0.1) is 0 Å². The van der Waals surface area contributed by atoms with Crippen molar-refractivity contribution in [2.75, 3.05) is 19.8 Å². The average molecular weight is 289 g/mol. The molecule has 0 saturated carbocycles. The first-order valence-corrected chi connectivity index (χ1v) is 7.75. The van der Waals surface area contributed by atoms with Gasteiger partial charge in [-0.3, -0.25) is 5.10 Å². The molecule has 0 aliphatic carbocycles. The molecule has 3 N–H and O–H groups in total. The Morgan fingerprint density at radius 2 is 2.37 bits per heavy atom. The van der Waals surface area contributed by atoms with Gasteiger partial charge >= 0.3 is 0 Å². The minimum atomic E-state index is -3.63. The Balaban J connectivity index is 1.99. The van der Waals surface area contributed by atoms with Gasteiger partial charge in [-0.2, -0.15) is 5.10 Å². The zero-order chi connectivity index (χ0) is 13.9. The minimum Gasteiger partial charge on any atom is -0.390 e. The molecule has 0 amide bonds. The molecular formula is C11H19N3O4S. The molecule has 0 radical (unpaired) electrons. The van der Waals surface area contributed by atoms with Gasteiger partial charge in [-0.05, 0) is 25.7 Å². The number of aromatic amines is 1. The van der Waals surface area contributed by atoms with Crippen LogP contribution in [0.2, 0.25) is 0 Å². The lowest BCUT2D eigenvalue weighted by atomic mass is 10.1. The molecule has 0 bridgehead atoms. The summed E-state index contributed by atoms with van der Waals surface area (Å²) in [7, 11) is -3.63. The molecule has 1 atom stereocenters. The first-order chi connectivity index (χ1) is 9.04. The normalized spacial score (nSPS) is 20.0. The van der Waals surface area contributed by atoms with Crippen molar-refractivity contribution in [3.63, 3.8) is 0 Å². The largest absolute Gasteiger partial charge is 0.390 e. The first kappa shape index (κ1) is 14.4. The topological polar surface area (TPSA) is 104 Å². The third kappa shape index (κ3) is 3.33. The number of nitrogens with one attached hydrogen (secondary N) is 2. The standard InChI is InChI=1S/C11H19N3O4S/c1-8-11(10(6-15)14-13-8)19(16,17)12-4-2-9-3-5-18-7-9/h9,12,15H,2-7H2,1H3,(H,13,14). The third-order valence-corrected chi connectivity index (χ3v) is 4.91. The highest BCUT2D eigenvalue weighted by Crippen LogP contribution is 2.19. The molecule has 1 aliphatic rings. The molecule has 7 nitrogen and oxygen atoms in total. The van der Waals surface area contributed by atoms with Gasteiger partial charge in [0.05, 0.1) is 12.3 Å². The second kappa shape index (κ2) is 6.00. The SMILES string of the molecule is Cc1[nH]nc(CO)c1S(=O)(=O)NCCC1CCOC1. The smallest absolute Gasteiger partial charge is 0.244 e. The summed E-state index contributed by atoms with van der Waals surface area (Å²) in [6.45, 7) is 3.04. The molecule has 1 aliphatic heterocycles. The molecule has 1 unspecified atom stereocenters. The zero-order valence-corrected chi connectivity index (χ0v) is 11.7. The van der Waals surface area contributed by atoms with E-state index in [2.05, 4.69) is 14.9 Å². The van der Waals surface area contributed by atoms with Crippen molar-refractivity contribution in [2.45, 2.75) is 31.3 Å². The summed E-state index contributed by atoms with van der Waals surface area (Å²) < 4.78 is 32.1. The Morgan fingerprint density at radius 1 is 1.58 bits per heavy atom. The number of sulfonamides is 1. The van der Waals surface area contributed by atoms with Crippen LogP contribution in [0.5, 0.6) is 0 Å². The zero-order valence-electron chi connectivity index (χ0n) is 10.8. The maximum atomic E-state index is 12.2. The average Bonchev–Trinajstić information content (AvgIpc) is 2.98. The van der Waals surface area contributed by atoms with Gasteiger partial charge in [-0.25, -0.2) is 13.1 Å². The van der Waals surface area contributed by atoms with Gasteiger partial charge in [0.2, 0.25) is 10.0 Å². The van der Waals surface area contributed by atoms with Crippen molar-refractivity contribution in [1.82, 2.24) is 14.9 Å². The Kier molecular flexibility index (Phi) is 4.56. The summed E-state index contributed by atoms with van der Waals surface area (Å²) in [6.07, 6.45) is 1.74.